The standard InChI is InChI=1S/C15H22ClNO3S/c1-5-11-8-9-12(21(16,19)20)10-13(11)14(18)17-15(4,6-2)7-3/h8-10H,5-7H2,1-4H3,(H,17,18). The molecule has 0 aromatic heterocycles. The fourth-order valence-electron chi connectivity index (χ4n) is 2.00. The van der Waals surface area contributed by atoms with Gasteiger partial charge >= 0.3 is 0 Å². The number of carbonyl (C=O) groups excluding carboxylic acids is 1. The van der Waals surface area contributed by atoms with Gasteiger partial charge < -0.3 is 5.32 Å². The van der Waals surface area contributed by atoms with E-state index < -0.39 is 9.05 Å². The van der Waals surface area contributed by atoms with E-state index in [0.717, 1.165) is 18.4 Å². The molecule has 0 atom stereocenters. The molecule has 0 aliphatic heterocycles. The lowest BCUT2D eigenvalue weighted by Gasteiger charge is -2.28. The second-order valence-corrected chi connectivity index (χ2v) is 7.90. The Kier molecular flexibility index (Phi) is 5.82. The van der Waals surface area contributed by atoms with Crippen molar-refractivity contribution in [2.75, 3.05) is 0 Å². The van der Waals surface area contributed by atoms with Gasteiger partial charge in [-0.1, -0.05) is 26.8 Å². The van der Waals surface area contributed by atoms with Gasteiger partial charge in [0.15, 0.2) is 0 Å². The quantitative estimate of drug-likeness (QED) is 0.812. The lowest BCUT2D eigenvalue weighted by atomic mass is 9.94. The van der Waals surface area contributed by atoms with E-state index in [2.05, 4.69) is 5.32 Å². The molecule has 1 aromatic carbocycles. The molecular formula is C15H22ClNO3S. The number of carbonyl (C=O) groups is 1. The van der Waals surface area contributed by atoms with Crippen LogP contribution in [0.3, 0.4) is 0 Å². The van der Waals surface area contributed by atoms with Crippen LogP contribution in [0, 0.1) is 0 Å². The van der Waals surface area contributed by atoms with Crippen molar-refractivity contribution in [1.82, 2.24) is 5.32 Å². The van der Waals surface area contributed by atoms with Gasteiger partial charge in [0.05, 0.1) is 4.90 Å². The first kappa shape index (κ1) is 18.0. The lowest BCUT2D eigenvalue weighted by molar-refractivity contribution is 0.0900. The zero-order chi connectivity index (χ0) is 16.3. The Balaban J connectivity index is 3.24. The van der Waals surface area contributed by atoms with Crippen molar-refractivity contribution in [2.45, 2.75) is 57.4 Å². The normalized spacial score (nSPS) is 12.2. The van der Waals surface area contributed by atoms with Crippen molar-refractivity contribution in [3.05, 3.63) is 29.3 Å². The molecule has 0 aliphatic carbocycles. The SMILES string of the molecule is CCc1ccc(S(=O)(=O)Cl)cc1C(=O)NC(C)(CC)CC. The fraction of sp³-hybridized carbons (Fsp3) is 0.533. The predicted molar refractivity (Wildman–Crippen MR) is 85.3 cm³/mol. The summed E-state index contributed by atoms with van der Waals surface area (Å²) in [6, 6.07) is 4.42. The minimum Gasteiger partial charge on any atom is -0.347 e. The number of hydrogen-bond acceptors (Lipinski definition) is 3. The Labute approximate surface area is 131 Å². The molecule has 0 saturated heterocycles. The predicted octanol–water partition coefficient (Wildman–Crippen LogP) is 3.49. The molecule has 0 spiro atoms. The minimum atomic E-state index is -3.85. The summed E-state index contributed by atoms with van der Waals surface area (Å²) in [6.07, 6.45) is 2.23. The summed E-state index contributed by atoms with van der Waals surface area (Å²) in [6.45, 7) is 7.90. The molecule has 4 nitrogen and oxygen atoms in total. The molecule has 1 N–H and O–H groups in total. The van der Waals surface area contributed by atoms with E-state index >= 15 is 0 Å². The maximum Gasteiger partial charge on any atom is 0.261 e. The van der Waals surface area contributed by atoms with Crippen LogP contribution in [0.4, 0.5) is 0 Å². The molecule has 118 valence electrons. The number of nitrogens with one attached hydrogen (secondary N) is 1. The van der Waals surface area contributed by atoms with Gasteiger partial charge in [-0.2, -0.15) is 0 Å². The van der Waals surface area contributed by atoms with Crippen molar-refractivity contribution in [3.8, 4) is 0 Å². The molecule has 0 radical (unpaired) electrons. The van der Waals surface area contributed by atoms with Crippen molar-refractivity contribution < 1.29 is 13.2 Å². The Morgan fingerprint density at radius 3 is 2.24 bits per heavy atom. The lowest BCUT2D eigenvalue weighted by Crippen LogP contribution is -2.45. The van der Waals surface area contributed by atoms with Crippen LogP contribution >= 0.6 is 10.7 Å². The number of halogens is 1. The van der Waals surface area contributed by atoms with Crippen LogP contribution in [0.1, 0.15) is 56.5 Å². The van der Waals surface area contributed by atoms with Crippen molar-refractivity contribution in [1.29, 1.82) is 0 Å². The second-order valence-electron chi connectivity index (χ2n) is 5.33. The molecule has 0 unspecified atom stereocenters. The summed E-state index contributed by atoms with van der Waals surface area (Å²) >= 11 is 0. The van der Waals surface area contributed by atoms with E-state index in [1.165, 1.54) is 12.1 Å². The molecule has 0 bridgehead atoms. The molecule has 1 amide bonds. The zero-order valence-corrected chi connectivity index (χ0v) is 14.4. The first-order valence-electron chi connectivity index (χ1n) is 7.07. The molecule has 0 saturated carbocycles. The van der Waals surface area contributed by atoms with Crippen LogP contribution in [0.5, 0.6) is 0 Å². The van der Waals surface area contributed by atoms with E-state index in [9.17, 15) is 13.2 Å². The Morgan fingerprint density at radius 1 is 1.24 bits per heavy atom. The highest BCUT2D eigenvalue weighted by Gasteiger charge is 2.24. The molecule has 1 aromatic rings. The first-order valence-corrected chi connectivity index (χ1v) is 9.38. The van der Waals surface area contributed by atoms with Gasteiger partial charge in [-0.05, 0) is 43.9 Å². The Hall–Kier alpha value is -1.07. The van der Waals surface area contributed by atoms with E-state index in [-0.39, 0.29) is 16.3 Å². The Bertz CT molecular complexity index is 622. The van der Waals surface area contributed by atoms with Gasteiger partial charge in [0, 0.05) is 21.8 Å². The van der Waals surface area contributed by atoms with E-state index in [1.807, 2.05) is 27.7 Å². The largest absolute Gasteiger partial charge is 0.347 e. The number of amides is 1. The van der Waals surface area contributed by atoms with Gasteiger partial charge in [0.25, 0.3) is 15.0 Å². The molecule has 6 heteroatoms. The summed E-state index contributed by atoms with van der Waals surface area (Å²) in [7, 11) is 1.51. The zero-order valence-electron chi connectivity index (χ0n) is 12.9. The number of benzene rings is 1. The molecule has 0 fully saturated rings. The maximum absolute atomic E-state index is 12.5. The molecule has 1 rings (SSSR count). The second kappa shape index (κ2) is 6.79. The maximum atomic E-state index is 12.5. The van der Waals surface area contributed by atoms with Crippen molar-refractivity contribution >= 4 is 25.6 Å². The fourth-order valence-corrected chi connectivity index (χ4v) is 2.77. The highest BCUT2D eigenvalue weighted by molar-refractivity contribution is 8.13. The van der Waals surface area contributed by atoms with Crippen molar-refractivity contribution in [2.24, 2.45) is 0 Å². The van der Waals surface area contributed by atoms with Crippen LogP contribution in [-0.4, -0.2) is 19.9 Å². The summed E-state index contributed by atoms with van der Waals surface area (Å²) in [5, 5.41) is 2.99. The number of hydrogen-bond donors (Lipinski definition) is 1. The molecule has 0 aliphatic rings. The highest BCUT2D eigenvalue weighted by atomic mass is 35.7. The number of aryl methyl sites for hydroxylation is 1. The van der Waals surface area contributed by atoms with Crippen LogP contribution < -0.4 is 5.32 Å². The first-order chi connectivity index (χ1) is 9.66. The van der Waals surface area contributed by atoms with Crippen LogP contribution in [0.25, 0.3) is 0 Å². The molecular weight excluding hydrogens is 310 g/mol. The monoisotopic (exact) mass is 331 g/mol. The van der Waals surface area contributed by atoms with E-state index in [1.54, 1.807) is 6.07 Å². The average Bonchev–Trinajstić information content (AvgIpc) is 2.45. The summed E-state index contributed by atoms with van der Waals surface area (Å²) in [4.78, 5) is 12.4. The van der Waals surface area contributed by atoms with Gasteiger partial charge in [-0.25, -0.2) is 8.42 Å². The van der Waals surface area contributed by atoms with E-state index in [0.29, 0.717) is 12.0 Å². The highest BCUT2D eigenvalue weighted by Crippen LogP contribution is 2.22. The number of rotatable bonds is 6. The van der Waals surface area contributed by atoms with Crippen molar-refractivity contribution in [3.63, 3.8) is 0 Å². The smallest absolute Gasteiger partial charge is 0.261 e. The molecule has 21 heavy (non-hydrogen) atoms. The third-order valence-electron chi connectivity index (χ3n) is 3.96. The minimum absolute atomic E-state index is 0.0544. The summed E-state index contributed by atoms with van der Waals surface area (Å²) < 4.78 is 22.9. The van der Waals surface area contributed by atoms with Crippen LogP contribution in [0.2, 0.25) is 0 Å². The topological polar surface area (TPSA) is 63.2 Å². The summed E-state index contributed by atoms with van der Waals surface area (Å²) in [5.74, 6) is -0.264. The van der Waals surface area contributed by atoms with E-state index in [4.69, 9.17) is 10.7 Å². The Morgan fingerprint density at radius 2 is 1.81 bits per heavy atom. The average molecular weight is 332 g/mol. The third-order valence-corrected chi connectivity index (χ3v) is 5.32. The van der Waals surface area contributed by atoms with Gasteiger partial charge in [0.1, 0.15) is 0 Å². The van der Waals surface area contributed by atoms with Gasteiger partial charge in [-0.3, -0.25) is 4.79 Å². The van der Waals surface area contributed by atoms with Gasteiger partial charge in [0.2, 0.25) is 0 Å². The van der Waals surface area contributed by atoms with Crippen LogP contribution in [0.15, 0.2) is 23.1 Å². The summed E-state index contributed by atoms with van der Waals surface area (Å²) in [5.41, 5.74) is 0.858. The molecule has 0 heterocycles. The third kappa shape index (κ3) is 4.45. The van der Waals surface area contributed by atoms with Gasteiger partial charge in [-0.15, -0.1) is 0 Å². The van der Waals surface area contributed by atoms with Crippen LogP contribution in [-0.2, 0) is 15.5 Å².